The lowest BCUT2D eigenvalue weighted by Gasteiger charge is -2.23. The highest BCUT2D eigenvalue weighted by atomic mass is 16.3. The molecule has 4 heteroatoms. The van der Waals surface area contributed by atoms with Gasteiger partial charge in [0.2, 0.25) is 0 Å². The van der Waals surface area contributed by atoms with Gasteiger partial charge in [-0.3, -0.25) is 4.68 Å². The van der Waals surface area contributed by atoms with E-state index in [1.165, 1.54) is 11.3 Å². The van der Waals surface area contributed by atoms with E-state index in [4.69, 9.17) is 5.11 Å². The number of aliphatic hydroxyl groups is 1. The number of rotatable bonds is 4. The van der Waals surface area contributed by atoms with Gasteiger partial charge < -0.3 is 10.4 Å². The number of hydrogen-bond acceptors (Lipinski definition) is 3. The number of aliphatic hydroxyl groups excluding tert-OH is 1. The molecule has 15 heavy (non-hydrogen) atoms. The van der Waals surface area contributed by atoms with Crippen molar-refractivity contribution in [3.8, 4) is 0 Å². The molecule has 1 heterocycles. The van der Waals surface area contributed by atoms with Gasteiger partial charge in [0.15, 0.2) is 0 Å². The Bertz CT molecular complexity index is 342. The highest BCUT2D eigenvalue weighted by Crippen LogP contribution is 2.13. The smallest absolute Gasteiger partial charge is 0.0641 e. The molecule has 0 aliphatic heterocycles. The first-order valence-electron chi connectivity index (χ1n) is 5.22. The van der Waals surface area contributed by atoms with Crippen LogP contribution in [0.5, 0.6) is 0 Å². The number of aromatic nitrogens is 2. The Morgan fingerprint density at radius 1 is 1.40 bits per heavy atom. The van der Waals surface area contributed by atoms with Crippen molar-refractivity contribution in [1.29, 1.82) is 0 Å². The van der Waals surface area contributed by atoms with Gasteiger partial charge >= 0.3 is 0 Å². The zero-order chi connectivity index (χ0) is 11.6. The van der Waals surface area contributed by atoms with Crippen LogP contribution < -0.4 is 5.32 Å². The second-order valence-electron chi connectivity index (χ2n) is 4.67. The molecule has 0 fully saturated rings. The van der Waals surface area contributed by atoms with E-state index in [0.717, 1.165) is 12.2 Å². The van der Waals surface area contributed by atoms with Crippen molar-refractivity contribution in [3.63, 3.8) is 0 Å². The molecule has 0 aliphatic carbocycles. The summed E-state index contributed by atoms with van der Waals surface area (Å²) in [4.78, 5) is 0. The third-order valence-electron chi connectivity index (χ3n) is 2.80. The van der Waals surface area contributed by atoms with Crippen LogP contribution in [0, 0.1) is 13.8 Å². The van der Waals surface area contributed by atoms with Gasteiger partial charge in [-0.1, -0.05) is 0 Å². The molecule has 4 nitrogen and oxygen atoms in total. The van der Waals surface area contributed by atoms with Crippen LogP contribution in [-0.4, -0.2) is 27.0 Å². The van der Waals surface area contributed by atoms with Crippen molar-refractivity contribution >= 4 is 0 Å². The molecule has 0 saturated carbocycles. The lowest BCUT2D eigenvalue weighted by atomic mass is 10.1. The van der Waals surface area contributed by atoms with Crippen LogP contribution >= 0.6 is 0 Å². The van der Waals surface area contributed by atoms with Crippen molar-refractivity contribution in [1.82, 2.24) is 15.1 Å². The minimum absolute atomic E-state index is 0.130. The van der Waals surface area contributed by atoms with Gasteiger partial charge in [-0.25, -0.2) is 0 Å². The predicted molar refractivity (Wildman–Crippen MR) is 60.7 cm³/mol. The number of nitrogens with one attached hydrogen (secondary N) is 1. The predicted octanol–water partition coefficient (Wildman–Crippen LogP) is 0.897. The number of nitrogens with zero attached hydrogens (tertiary/aromatic N) is 2. The quantitative estimate of drug-likeness (QED) is 0.778. The first-order chi connectivity index (χ1) is 6.87. The molecule has 0 spiro atoms. The van der Waals surface area contributed by atoms with E-state index >= 15 is 0 Å². The molecule has 0 saturated heterocycles. The van der Waals surface area contributed by atoms with Crippen molar-refractivity contribution in [2.24, 2.45) is 7.05 Å². The van der Waals surface area contributed by atoms with E-state index in [0.29, 0.717) is 0 Å². The number of aryl methyl sites for hydroxylation is 2. The van der Waals surface area contributed by atoms with Crippen LogP contribution in [-0.2, 0) is 13.6 Å². The normalized spacial score (nSPS) is 12.1. The Hall–Kier alpha value is -0.870. The molecule has 2 N–H and O–H groups in total. The lowest BCUT2D eigenvalue weighted by molar-refractivity contribution is 0.187. The van der Waals surface area contributed by atoms with Crippen molar-refractivity contribution in [2.45, 2.75) is 39.8 Å². The van der Waals surface area contributed by atoms with Crippen LogP contribution in [0.15, 0.2) is 0 Å². The molecule has 0 aromatic carbocycles. The minimum Gasteiger partial charge on any atom is -0.394 e. The molecule has 0 aliphatic rings. The summed E-state index contributed by atoms with van der Waals surface area (Å²) in [5.41, 5.74) is 3.21. The first-order valence-corrected chi connectivity index (χ1v) is 5.22. The molecule has 1 rings (SSSR count). The van der Waals surface area contributed by atoms with E-state index in [1.54, 1.807) is 0 Å². The van der Waals surface area contributed by atoms with Gasteiger partial charge in [-0.05, 0) is 27.7 Å². The Balaban J connectivity index is 2.73. The Morgan fingerprint density at radius 3 is 2.40 bits per heavy atom. The topological polar surface area (TPSA) is 50.1 Å². The van der Waals surface area contributed by atoms with Crippen molar-refractivity contribution < 1.29 is 5.11 Å². The van der Waals surface area contributed by atoms with Gasteiger partial charge in [0.05, 0.1) is 12.3 Å². The van der Waals surface area contributed by atoms with E-state index in [-0.39, 0.29) is 12.1 Å². The van der Waals surface area contributed by atoms with Gasteiger partial charge in [-0.15, -0.1) is 0 Å². The first kappa shape index (κ1) is 12.2. The molecule has 1 aromatic heterocycles. The molecule has 1 aromatic rings. The maximum Gasteiger partial charge on any atom is 0.0641 e. The van der Waals surface area contributed by atoms with Crippen LogP contribution in [0.2, 0.25) is 0 Å². The third kappa shape index (κ3) is 2.79. The minimum atomic E-state index is -0.241. The Labute approximate surface area is 91.3 Å². The van der Waals surface area contributed by atoms with Gasteiger partial charge in [0.25, 0.3) is 0 Å². The van der Waals surface area contributed by atoms with E-state index in [1.807, 2.05) is 32.5 Å². The molecular weight excluding hydrogens is 190 g/mol. The fourth-order valence-electron chi connectivity index (χ4n) is 1.46. The van der Waals surface area contributed by atoms with Crippen molar-refractivity contribution in [3.05, 3.63) is 17.0 Å². The monoisotopic (exact) mass is 211 g/mol. The summed E-state index contributed by atoms with van der Waals surface area (Å²) in [6, 6.07) is 0. The largest absolute Gasteiger partial charge is 0.394 e. The zero-order valence-electron chi connectivity index (χ0n) is 10.3. The van der Waals surface area contributed by atoms with Gasteiger partial charge in [0, 0.05) is 30.4 Å². The summed E-state index contributed by atoms with van der Waals surface area (Å²) in [6.45, 7) is 8.91. The van der Waals surface area contributed by atoms with E-state index in [2.05, 4.69) is 17.3 Å². The lowest BCUT2D eigenvalue weighted by Crippen LogP contribution is -2.42. The standard InChI is InChI=1S/C11H21N3O/c1-8-10(9(2)14(5)13-8)6-12-11(3,4)7-15/h12,15H,6-7H2,1-5H3. The molecule has 0 unspecified atom stereocenters. The highest BCUT2D eigenvalue weighted by Gasteiger charge is 2.17. The van der Waals surface area contributed by atoms with E-state index in [9.17, 15) is 0 Å². The van der Waals surface area contributed by atoms with Crippen LogP contribution in [0.25, 0.3) is 0 Å². The van der Waals surface area contributed by atoms with E-state index < -0.39 is 0 Å². The maximum absolute atomic E-state index is 9.13. The van der Waals surface area contributed by atoms with Gasteiger partial charge in [-0.2, -0.15) is 5.10 Å². The highest BCUT2D eigenvalue weighted by molar-refractivity contribution is 5.24. The third-order valence-corrected chi connectivity index (χ3v) is 2.80. The molecule has 0 amide bonds. The fraction of sp³-hybridized carbons (Fsp3) is 0.727. The summed E-state index contributed by atoms with van der Waals surface area (Å²) < 4.78 is 1.89. The summed E-state index contributed by atoms with van der Waals surface area (Å²) in [5, 5.41) is 16.8. The Kier molecular flexibility index (Phi) is 3.52. The Morgan fingerprint density at radius 2 is 2.00 bits per heavy atom. The van der Waals surface area contributed by atoms with Crippen molar-refractivity contribution in [2.75, 3.05) is 6.61 Å². The molecule has 86 valence electrons. The van der Waals surface area contributed by atoms with Crippen LogP contribution in [0.4, 0.5) is 0 Å². The zero-order valence-corrected chi connectivity index (χ0v) is 10.3. The average Bonchev–Trinajstić information content (AvgIpc) is 2.39. The summed E-state index contributed by atoms with van der Waals surface area (Å²) >= 11 is 0. The SMILES string of the molecule is Cc1nn(C)c(C)c1CNC(C)(C)CO. The summed E-state index contributed by atoms with van der Waals surface area (Å²) in [5.74, 6) is 0. The maximum atomic E-state index is 9.13. The second kappa shape index (κ2) is 4.33. The van der Waals surface area contributed by atoms with Crippen LogP contribution in [0.3, 0.4) is 0 Å². The van der Waals surface area contributed by atoms with Gasteiger partial charge in [0.1, 0.15) is 0 Å². The van der Waals surface area contributed by atoms with Crippen LogP contribution in [0.1, 0.15) is 30.8 Å². The number of hydrogen-bond donors (Lipinski definition) is 2. The summed E-state index contributed by atoms with van der Waals surface area (Å²) in [7, 11) is 1.95. The average molecular weight is 211 g/mol. The fourth-order valence-corrected chi connectivity index (χ4v) is 1.46. The second-order valence-corrected chi connectivity index (χ2v) is 4.67. The molecule has 0 radical (unpaired) electrons. The molecule has 0 atom stereocenters. The summed E-state index contributed by atoms with van der Waals surface area (Å²) in [6.07, 6.45) is 0. The molecular formula is C11H21N3O. The molecule has 0 bridgehead atoms.